The number of aliphatic hydroxyl groups excluding tert-OH is 1. The van der Waals surface area contributed by atoms with Crippen molar-refractivity contribution in [3.8, 4) is 11.8 Å². The molecule has 3 N–H and O–H groups in total. The van der Waals surface area contributed by atoms with Crippen molar-refractivity contribution in [2.24, 2.45) is 5.73 Å². The van der Waals surface area contributed by atoms with E-state index in [1.165, 1.54) is 11.1 Å². The molecule has 1 fully saturated rings. The van der Waals surface area contributed by atoms with Gasteiger partial charge in [-0.2, -0.15) is 0 Å². The third-order valence-electron chi connectivity index (χ3n) is 3.29. The fourth-order valence-corrected chi connectivity index (χ4v) is 2.27. The molecule has 1 saturated heterocycles. The van der Waals surface area contributed by atoms with Gasteiger partial charge in [-0.1, -0.05) is 11.8 Å². The van der Waals surface area contributed by atoms with Crippen LogP contribution in [0.15, 0.2) is 18.3 Å². The van der Waals surface area contributed by atoms with E-state index in [1.54, 1.807) is 12.1 Å². The highest BCUT2D eigenvalue weighted by molar-refractivity contribution is 5.96. The summed E-state index contributed by atoms with van der Waals surface area (Å²) >= 11 is 0. The minimum Gasteiger partial charge on any atom is -0.395 e. The molecule has 0 spiro atoms. The molecule has 0 bridgehead atoms. The van der Waals surface area contributed by atoms with Crippen molar-refractivity contribution in [1.29, 1.82) is 0 Å². The lowest BCUT2D eigenvalue weighted by molar-refractivity contribution is -0.121. The highest BCUT2D eigenvalue weighted by Crippen LogP contribution is 2.19. The average Bonchev–Trinajstić information content (AvgIpc) is 2.97. The zero-order valence-electron chi connectivity index (χ0n) is 11.6. The zero-order chi connectivity index (χ0) is 15.2. The predicted molar refractivity (Wildman–Crippen MR) is 76.1 cm³/mol. The summed E-state index contributed by atoms with van der Waals surface area (Å²) in [5, 5.41) is 8.65. The van der Waals surface area contributed by atoms with E-state index in [-0.39, 0.29) is 18.2 Å². The normalized spacial score (nSPS) is 17.2. The molecule has 1 aliphatic rings. The van der Waals surface area contributed by atoms with Crippen LogP contribution >= 0.6 is 0 Å². The van der Waals surface area contributed by atoms with Crippen LogP contribution in [0.25, 0.3) is 0 Å². The molecule has 6 heteroatoms. The first-order chi connectivity index (χ1) is 10.1. The summed E-state index contributed by atoms with van der Waals surface area (Å²) in [6.45, 7) is 0.534. The Labute approximate surface area is 123 Å². The number of pyridine rings is 1. The molecule has 0 aromatic carbocycles. The Morgan fingerprint density at radius 3 is 2.90 bits per heavy atom. The van der Waals surface area contributed by atoms with Gasteiger partial charge in [0.2, 0.25) is 5.91 Å². The first-order valence-corrected chi connectivity index (χ1v) is 6.79. The lowest BCUT2D eigenvalue weighted by Crippen LogP contribution is -2.43. The molecule has 1 aromatic heterocycles. The summed E-state index contributed by atoms with van der Waals surface area (Å²) in [6.07, 6.45) is 3.28. The first-order valence-electron chi connectivity index (χ1n) is 6.79. The molecule has 1 atom stereocenters. The van der Waals surface area contributed by atoms with Gasteiger partial charge >= 0.3 is 0 Å². The maximum atomic E-state index is 12.3. The van der Waals surface area contributed by atoms with Gasteiger partial charge in [0, 0.05) is 24.7 Å². The van der Waals surface area contributed by atoms with Gasteiger partial charge in [-0.3, -0.25) is 9.59 Å². The smallest absolute Gasteiger partial charge is 0.273 e. The third kappa shape index (κ3) is 3.58. The van der Waals surface area contributed by atoms with Crippen LogP contribution in [0.5, 0.6) is 0 Å². The van der Waals surface area contributed by atoms with Crippen LogP contribution in [-0.2, 0) is 4.79 Å². The van der Waals surface area contributed by atoms with Crippen molar-refractivity contribution in [2.75, 3.05) is 13.2 Å². The highest BCUT2D eigenvalue weighted by atomic mass is 16.2. The van der Waals surface area contributed by atoms with Gasteiger partial charge in [0.1, 0.15) is 11.7 Å². The fourth-order valence-electron chi connectivity index (χ4n) is 2.27. The summed E-state index contributed by atoms with van der Waals surface area (Å²) in [5.41, 5.74) is 6.25. The summed E-state index contributed by atoms with van der Waals surface area (Å²) < 4.78 is 0. The quantitative estimate of drug-likeness (QED) is 0.759. The fraction of sp³-hybridized carbons (Fsp3) is 0.400. The largest absolute Gasteiger partial charge is 0.395 e. The Balaban J connectivity index is 2.10. The number of likely N-dealkylation sites (tertiary alicyclic amines) is 1. The molecular weight excluding hydrogens is 270 g/mol. The Bertz CT molecular complexity index is 586. The summed E-state index contributed by atoms with van der Waals surface area (Å²) in [7, 11) is 0. The number of hydrogen-bond acceptors (Lipinski definition) is 4. The molecule has 2 heterocycles. The average molecular weight is 287 g/mol. The number of nitrogens with two attached hydrogens (primary N) is 1. The SMILES string of the molecule is NC(=O)C1CCCN1C(=O)c1ccc(C#CCCO)cn1. The van der Waals surface area contributed by atoms with E-state index in [4.69, 9.17) is 10.8 Å². The molecule has 0 saturated carbocycles. The standard InChI is InChI=1S/C15H17N3O3/c16-14(20)13-5-3-8-18(13)15(21)12-7-6-11(10-17-12)4-1-2-9-19/h6-7,10,13,19H,2-3,5,8-9H2,(H2,16,20). The van der Waals surface area contributed by atoms with Crippen LogP contribution in [0.2, 0.25) is 0 Å². The molecule has 2 rings (SSSR count). The third-order valence-corrected chi connectivity index (χ3v) is 3.29. The molecule has 1 aliphatic heterocycles. The van der Waals surface area contributed by atoms with Gasteiger partial charge < -0.3 is 15.7 Å². The van der Waals surface area contributed by atoms with E-state index in [0.29, 0.717) is 24.9 Å². The minimum absolute atomic E-state index is 0.0143. The molecule has 21 heavy (non-hydrogen) atoms. The molecular formula is C15H17N3O3. The molecule has 110 valence electrons. The second-order valence-electron chi connectivity index (χ2n) is 4.77. The van der Waals surface area contributed by atoms with Crippen LogP contribution in [0, 0.1) is 11.8 Å². The van der Waals surface area contributed by atoms with Crippen molar-refractivity contribution < 1.29 is 14.7 Å². The van der Waals surface area contributed by atoms with E-state index >= 15 is 0 Å². The topological polar surface area (TPSA) is 96.5 Å². The number of amides is 2. The number of primary amides is 1. The molecule has 1 aromatic rings. The Hall–Kier alpha value is -2.39. The van der Waals surface area contributed by atoms with E-state index in [0.717, 1.165) is 6.42 Å². The number of nitrogens with zero attached hydrogens (tertiary/aromatic N) is 2. The second-order valence-corrected chi connectivity index (χ2v) is 4.77. The molecule has 2 amide bonds. The zero-order valence-corrected chi connectivity index (χ0v) is 11.6. The van der Waals surface area contributed by atoms with Crippen molar-refractivity contribution in [3.63, 3.8) is 0 Å². The lowest BCUT2D eigenvalue weighted by Gasteiger charge is -2.21. The molecule has 0 aliphatic carbocycles. The van der Waals surface area contributed by atoms with E-state index in [2.05, 4.69) is 16.8 Å². The Kier molecular flexibility index (Phi) is 4.90. The van der Waals surface area contributed by atoms with Gasteiger partial charge in [0.15, 0.2) is 0 Å². The monoisotopic (exact) mass is 287 g/mol. The number of aromatic nitrogens is 1. The Morgan fingerprint density at radius 1 is 1.48 bits per heavy atom. The maximum Gasteiger partial charge on any atom is 0.273 e. The highest BCUT2D eigenvalue weighted by Gasteiger charge is 2.33. The van der Waals surface area contributed by atoms with Gasteiger partial charge in [0.05, 0.1) is 6.61 Å². The predicted octanol–water partition coefficient (Wildman–Crippen LogP) is -0.0946. The number of rotatable bonds is 3. The van der Waals surface area contributed by atoms with Crippen molar-refractivity contribution in [3.05, 3.63) is 29.6 Å². The Morgan fingerprint density at radius 2 is 2.29 bits per heavy atom. The number of carbonyl (C=O) groups is 2. The number of aliphatic hydroxyl groups is 1. The summed E-state index contributed by atoms with van der Waals surface area (Å²) in [6, 6.07) is 2.74. The second kappa shape index (κ2) is 6.86. The number of hydrogen-bond donors (Lipinski definition) is 2. The molecule has 1 unspecified atom stereocenters. The van der Waals surface area contributed by atoms with Crippen molar-refractivity contribution in [2.45, 2.75) is 25.3 Å². The van der Waals surface area contributed by atoms with Crippen LogP contribution in [0.3, 0.4) is 0 Å². The minimum atomic E-state index is -0.539. The van der Waals surface area contributed by atoms with Crippen LogP contribution in [0.1, 0.15) is 35.3 Å². The lowest BCUT2D eigenvalue weighted by atomic mass is 10.2. The molecule has 0 radical (unpaired) electrons. The molecule has 6 nitrogen and oxygen atoms in total. The summed E-state index contributed by atoms with van der Waals surface area (Å²) in [5.74, 6) is 4.85. The van der Waals surface area contributed by atoms with Gasteiger partial charge in [-0.25, -0.2) is 4.98 Å². The van der Waals surface area contributed by atoms with Crippen molar-refractivity contribution in [1.82, 2.24) is 9.88 Å². The summed E-state index contributed by atoms with van der Waals surface area (Å²) in [4.78, 5) is 29.2. The maximum absolute atomic E-state index is 12.3. The van der Waals surface area contributed by atoms with Crippen LogP contribution in [0.4, 0.5) is 0 Å². The first kappa shape index (κ1) is 15.0. The van der Waals surface area contributed by atoms with Gasteiger partial charge in [-0.15, -0.1) is 0 Å². The van der Waals surface area contributed by atoms with Gasteiger partial charge in [-0.05, 0) is 25.0 Å². The van der Waals surface area contributed by atoms with Gasteiger partial charge in [0.25, 0.3) is 5.91 Å². The van der Waals surface area contributed by atoms with E-state index < -0.39 is 11.9 Å². The number of carbonyl (C=O) groups excluding carboxylic acids is 2. The van der Waals surface area contributed by atoms with Crippen LogP contribution < -0.4 is 5.73 Å². The van der Waals surface area contributed by atoms with Crippen LogP contribution in [-0.4, -0.2) is 46.0 Å². The van der Waals surface area contributed by atoms with E-state index in [9.17, 15) is 9.59 Å². The van der Waals surface area contributed by atoms with E-state index in [1.807, 2.05) is 0 Å². The van der Waals surface area contributed by atoms with Crippen molar-refractivity contribution >= 4 is 11.8 Å².